The van der Waals surface area contributed by atoms with E-state index in [2.05, 4.69) is 10.6 Å². The van der Waals surface area contributed by atoms with Crippen LogP contribution in [0.15, 0.2) is 12.1 Å². The summed E-state index contributed by atoms with van der Waals surface area (Å²) in [6.45, 7) is 3.48. The van der Waals surface area contributed by atoms with E-state index in [1.54, 1.807) is 0 Å². The molecule has 94 valence electrons. The number of carboxylic acids is 1. The fourth-order valence-corrected chi connectivity index (χ4v) is 2.28. The highest BCUT2D eigenvalue weighted by molar-refractivity contribution is 7.12. The third-order valence-electron chi connectivity index (χ3n) is 2.02. The van der Waals surface area contributed by atoms with E-state index < -0.39 is 5.97 Å². The molecule has 0 aliphatic heterocycles. The van der Waals surface area contributed by atoms with Crippen LogP contribution in [0.5, 0.6) is 0 Å². The number of carbonyl (C=O) groups is 2. The van der Waals surface area contributed by atoms with Crippen molar-refractivity contribution in [2.24, 2.45) is 0 Å². The molecule has 1 rings (SSSR count). The number of hydrogen-bond donors (Lipinski definition) is 3. The lowest BCUT2D eigenvalue weighted by Gasteiger charge is -2.03. The average molecular weight is 256 g/mol. The molecule has 0 aromatic carbocycles. The van der Waals surface area contributed by atoms with Gasteiger partial charge in [-0.25, -0.2) is 0 Å². The molecule has 0 unspecified atom stereocenters. The molecule has 0 aliphatic rings. The van der Waals surface area contributed by atoms with Gasteiger partial charge in [-0.15, -0.1) is 11.3 Å². The number of rotatable bonds is 7. The van der Waals surface area contributed by atoms with Gasteiger partial charge >= 0.3 is 5.97 Å². The van der Waals surface area contributed by atoms with Crippen LogP contribution in [0.3, 0.4) is 0 Å². The fraction of sp³-hybridized carbons (Fsp3) is 0.455. The summed E-state index contributed by atoms with van der Waals surface area (Å²) in [6, 6.07) is 3.76. The molecule has 6 heteroatoms. The van der Waals surface area contributed by atoms with Gasteiger partial charge in [-0.2, -0.15) is 0 Å². The van der Waals surface area contributed by atoms with E-state index in [1.165, 1.54) is 18.3 Å². The molecule has 17 heavy (non-hydrogen) atoms. The molecular formula is C11H16N2O3S. The number of carboxylic acid groups (broad SMARTS) is 1. The van der Waals surface area contributed by atoms with E-state index in [0.717, 1.165) is 9.75 Å². The summed E-state index contributed by atoms with van der Waals surface area (Å²) in [7, 11) is 0. The summed E-state index contributed by atoms with van der Waals surface area (Å²) in [5, 5.41) is 14.5. The van der Waals surface area contributed by atoms with Crippen molar-refractivity contribution in [1.82, 2.24) is 10.6 Å². The molecule has 0 bridgehead atoms. The third-order valence-corrected chi connectivity index (χ3v) is 3.10. The maximum Gasteiger partial charge on any atom is 0.308 e. The molecule has 1 amide bonds. The van der Waals surface area contributed by atoms with Crippen LogP contribution < -0.4 is 10.6 Å². The molecule has 1 aromatic heterocycles. The van der Waals surface area contributed by atoms with Crippen molar-refractivity contribution < 1.29 is 14.7 Å². The van der Waals surface area contributed by atoms with E-state index in [0.29, 0.717) is 19.6 Å². The monoisotopic (exact) mass is 256 g/mol. The first-order chi connectivity index (χ1) is 8.08. The lowest BCUT2D eigenvalue weighted by molar-refractivity contribution is -0.136. The molecule has 0 saturated heterocycles. The van der Waals surface area contributed by atoms with Crippen LogP contribution in [0.4, 0.5) is 0 Å². The van der Waals surface area contributed by atoms with E-state index in [1.807, 2.05) is 12.1 Å². The van der Waals surface area contributed by atoms with Crippen molar-refractivity contribution in [3.05, 3.63) is 21.9 Å². The van der Waals surface area contributed by atoms with Crippen molar-refractivity contribution in [2.75, 3.05) is 13.1 Å². The van der Waals surface area contributed by atoms with Gasteiger partial charge in [-0.3, -0.25) is 9.59 Å². The number of aliphatic carboxylic acids is 1. The largest absolute Gasteiger partial charge is 0.481 e. The predicted molar refractivity (Wildman–Crippen MR) is 66.0 cm³/mol. The highest BCUT2D eigenvalue weighted by atomic mass is 32.1. The Morgan fingerprint density at radius 2 is 2.00 bits per heavy atom. The van der Waals surface area contributed by atoms with Crippen molar-refractivity contribution >= 4 is 23.2 Å². The lowest BCUT2D eigenvalue weighted by Crippen LogP contribution is -2.29. The predicted octanol–water partition coefficient (Wildman–Crippen LogP) is 0.601. The second-order valence-corrected chi connectivity index (χ2v) is 4.85. The van der Waals surface area contributed by atoms with Gasteiger partial charge in [0.15, 0.2) is 0 Å². The van der Waals surface area contributed by atoms with Crippen LogP contribution in [-0.2, 0) is 22.6 Å². The van der Waals surface area contributed by atoms with Crippen LogP contribution in [0.1, 0.15) is 16.7 Å². The zero-order valence-corrected chi connectivity index (χ0v) is 10.5. The summed E-state index contributed by atoms with van der Waals surface area (Å²) in [5.41, 5.74) is 0. The zero-order valence-electron chi connectivity index (χ0n) is 9.66. The average Bonchev–Trinajstić information content (AvgIpc) is 2.63. The van der Waals surface area contributed by atoms with E-state index in [-0.39, 0.29) is 12.3 Å². The Kier molecular flexibility index (Phi) is 5.65. The second-order valence-electron chi connectivity index (χ2n) is 3.60. The Labute approximate surface area is 104 Å². The van der Waals surface area contributed by atoms with Gasteiger partial charge in [-0.05, 0) is 12.1 Å². The van der Waals surface area contributed by atoms with E-state index in [4.69, 9.17) is 5.11 Å². The van der Waals surface area contributed by atoms with Crippen molar-refractivity contribution in [3.8, 4) is 0 Å². The molecule has 0 radical (unpaired) electrons. The van der Waals surface area contributed by atoms with Crippen LogP contribution in [0, 0.1) is 0 Å². The van der Waals surface area contributed by atoms with Crippen LogP contribution in [-0.4, -0.2) is 30.1 Å². The van der Waals surface area contributed by atoms with Crippen LogP contribution in [0.25, 0.3) is 0 Å². The first kappa shape index (κ1) is 13.7. The smallest absolute Gasteiger partial charge is 0.308 e. The SMILES string of the molecule is CC(=O)NCCNCc1ccc(CC(=O)O)s1. The lowest BCUT2D eigenvalue weighted by atomic mass is 10.3. The highest BCUT2D eigenvalue weighted by Crippen LogP contribution is 2.16. The van der Waals surface area contributed by atoms with E-state index >= 15 is 0 Å². The van der Waals surface area contributed by atoms with Gasteiger partial charge in [-0.1, -0.05) is 0 Å². The molecule has 3 N–H and O–H groups in total. The summed E-state index contributed by atoms with van der Waals surface area (Å²) in [4.78, 5) is 23.0. The topological polar surface area (TPSA) is 78.4 Å². The maximum atomic E-state index is 10.6. The van der Waals surface area contributed by atoms with Gasteiger partial charge in [0.25, 0.3) is 0 Å². The molecule has 0 spiro atoms. The normalized spacial score (nSPS) is 10.2. The molecule has 0 aliphatic carbocycles. The zero-order chi connectivity index (χ0) is 12.7. The molecule has 1 heterocycles. The molecule has 0 saturated carbocycles. The Morgan fingerprint density at radius 3 is 2.65 bits per heavy atom. The molecule has 1 aromatic rings. The molecule has 0 atom stereocenters. The first-order valence-corrected chi connectivity index (χ1v) is 6.14. The Hall–Kier alpha value is -1.40. The van der Waals surface area contributed by atoms with Gasteiger partial charge in [0.2, 0.25) is 5.91 Å². The minimum Gasteiger partial charge on any atom is -0.481 e. The number of hydrogen-bond acceptors (Lipinski definition) is 4. The quantitative estimate of drug-likeness (QED) is 0.624. The summed E-state index contributed by atoms with van der Waals surface area (Å²) in [6.07, 6.45) is 0.0799. The number of thiophene rings is 1. The minimum atomic E-state index is -0.808. The van der Waals surface area contributed by atoms with Crippen molar-refractivity contribution in [2.45, 2.75) is 19.9 Å². The highest BCUT2D eigenvalue weighted by Gasteiger charge is 2.04. The number of nitrogens with one attached hydrogen (secondary N) is 2. The molecular weight excluding hydrogens is 240 g/mol. The van der Waals surface area contributed by atoms with Crippen LogP contribution >= 0.6 is 11.3 Å². The van der Waals surface area contributed by atoms with E-state index in [9.17, 15) is 9.59 Å². The second kappa shape index (κ2) is 7.03. The summed E-state index contributed by atoms with van der Waals surface area (Å²) in [5.74, 6) is -0.844. The first-order valence-electron chi connectivity index (χ1n) is 5.32. The van der Waals surface area contributed by atoms with Crippen molar-refractivity contribution in [1.29, 1.82) is 0 Å². The number of carbonyl (C=O) groups excluding carboxylic acids is 1. The van der Waals surface area contributed by atoms with Gasteiger partial charge in [0.1, 0.15) is 0 Å². The fourth-order valence-electron chi connectivity index (χ4n) is 1.30. The Morgan fingerprint density at radius 1 is 1.29 bits per heavy atom. The van der Waals surface area contributed by atoms with Gasteiger partial charge < -0.3 is 15.7 Å². The number of amides is 1. The molecule has 5 nitrogen and oxygen atoms in total. The van der Waals surface area contributed by atoms with Gasteiger partial charge in [0, 0.05) is 36.3 Å². The van der Waals surface area contributed by atoms with Crippen molar-refractivity contribution in [3.63, 3.8) is 0 Å². The van der Waals surface area contributed by atoms with Gasteiger partial charge in [0.05, 0.1) is 6.42 Å². The molecule has 0 fully saturated rings. The van der Waals surface area contributed by atoms with Crippen LogP contribution in [0.2, 0.25) is 0 Å². The summed E-state index contributed by atoms with van der Waals surface area (Å²) < 4.78 is 0. The third kappa shape index (κ3) is 6.03. The summed E-state index contributed by atoms with van der Waals surface area (Å²) >= 11 is 1.49. The Balaban J connectivity index is 2.21. The minimum absolute atomic E-state index is 0.0355. The Bertz CT molecular complexity index is 390. The maximum absolute atomic E-state index is 10.6. The standard InChI is InChI=1S/C11H16N2O3S/c1-8(14)13-5-4-12-7-10-3-2-9(17-10)6-11(15)16/h2-3,12H,4-7H2,1H3,(H,13,14)(H,15,16).